The van der Waals surface area contributed by atoms with Crippen LogP contribution in [0.5, 0.6) is 5.88 Å². The van der Waals surface area contributed by atoms with Crippen molar-refractivity contribution in [3.63, 3.8) is 0 Å². The lowest BCUT2D eigenvalue weighted by Crippen LogP contribution is -2.52. The molecule has 2 aromatic rings. The molecule has 1 atom stereocenters. The molecule has 2 heterocycles. The van der Waals surface area contributed by atoms with Crippen LogP contribution >= 0.6 is 0 Å². The van der Waals surface area contributed by atoms with Gasteiger partial charge in [0.1, 0.15) is 17.1 Å². The fourth-order valence-corrected chi connectivity index (χ4v) is 3.95. The van der Waals surface area contributed by atoms with Crippen LogP contribution in [0, 0.1) is 5.82 Å². The molecule has 4 rings (SSSR count). The van der Waals surface area contributed by atoms with Crippen molar-refractivity contribution in [2.45, 2.75) is 43.7 Å². The number of nitrogens with two attached hydrogens (primary N) is 1. The molecule has 1 saturated carbocycles. The van der Waals surface area contributed by atoms with Crippen LogP contribution in [0.2, 0.25) is 0 Å². The van der Waals surface area contributed by atoms with Crippen molar-refractivity contribution in [2.24, 2.45) is 10.7 Å². The van der Waals surface area contributed by atoms with E-state index in [1.807, 2.05) is 6.92 Å². The molecule has 1 aromatic heterocycles. The summed E-state index contributed by atoms with van der Waals surface area (Å²) in [4.78, 5) is 24.8. The van der Waals surface area contributed by atoms with Crippen molar-refractivity contribution in [2.75, 3.05) is 12.4 Å². The number of benzene rings is 1. The van der Waals surface area contributed by atoms with Crippen LogP contribution in [-0.2, 0) is 10.3 Å². The fourth-order valence-electron chi connectivity index (χ4n) is 3.95. The number of hydrogen-bond donors (Lipinski definition) is 2. The molecule has 0 radical (unpaired) electrons. The molecular weight excluding hydrogens is 377 g/mol. The van der Waals surface area contributed by atoms with Crippen molar-refractivity contribution in [3.05, 3.63) is 47.7 Å². The molecule has 8 nitrogen and oxygen atoms in total. The zero-order chi connectivity index (χ0) is 20.6. The molecule has 9 heteroatoms. The highest BCUT2D eigenvalue weighted by atomic mass is 19.1. The molecule has 0 saturated heterocycles. The Balaban J connectivity index is 1.60. The summed E-state index contributed by atoms with van der Waals surface area (Å²) in [5.74, 6) is -0.575. The first kappa shape index (κ1) is 19.1. The average Bonchev–Trinajstić information content (AvgIpc) is 2.67. The Morgan fingerprint density at radius 1 is 1.31 bits per heavy atom. The average molecular weight is 399 g/mol. The Bertz CT molecular complexity index is 975. The fraction of sp³-hybridized carbons (Fsp3) is 0.400. The van der Waals surface area contributed by atoms with Crippen LogP contribution in [0.1, 0.15) is 48.7 Å². The molecular formula is C20H22FN5O3. The lowest BCUT2D eigenvalue weighted by atomic mass is 9.69. The molecule has 152 valence electrons. The molecule has 1 amide bonds. The summed E-state index contributed by atoms with van der Waals surface area (Å²) >= 11 is 0. The number of amides is 1. The molecule has 2 aliphatic rings. The van der Waals surface area contributed by atoms with Gasteiger partial charge in [0.2, 0.25) is 5.88 Å². The predicted molar refractivity (Wildman–Crippen MR) is 104 cm³/mol. The van der Waals surface area contributed by atoms with Crippen molar-refractivity contribution in [3.8, 4) is 5.88 Å². The number of aromatic nitrogens is 2. The van der Waals surface area contributed by atoms with Crippen LogP contribution in [0.3, 0.4) is 0 Å². The summed E-state index contributed by atoms with van der Waals surface area (Å²) in [5.41, 5.74) is 5.54. The predicted octanol–water partition coefficient (Wildman–Crippen LogP) is 2.75. The maximum atomic E-state index is 14.7. The summed E-state index contributed by atoms with van der Waals surface area (Å²) in [5, 5.41) is 2.72. The quantitative estimate of drug-likeness (QED) is 0.818. The smallest absolute Gasteiger partial charge is 0.283 e. The Morgan fingerprint density at radius 2 is 2.10 bits per heavy atom. The Hall–Kier alpha value is -3.23. The van der Waals surface area contributed by atoms with Gasteiger partial charge in [-0.2, -0.15) is 0 Å². The van der Waals surface area contributed by atoms with Crippen molar-refractivity contribution >= 4 is 17.6 Å². The zero-order valence-electron chi connectivity index (χ0n) is 16.2. The van der Waals surface area contributed by atoms with Crippen LogP contribution in [0.25, 0.3) is 0 Å². The van der Waals surface area contributed by atoms with Gasteiger partial charge in [0.05, 0.1) is 25.0 Å². The lowest BCUT2D eigenvalue weighted by molar-refractivity contribution is -0.0583. The van der Waals surface area contributed by atoms with E-state index in [1.54, 1.807) is 6.07 Å². The topological polar surface area (TPSA) is 112 Å². The largest absolute Gasteiger partial charge is 0.480 e. The molecule has 1 spiro atoms. The monoisotopic (exact) mass is 399 g/mol. The molecule has 1 unspecified atom stereocenters. The van der Waals surface area contributed by atoms with E-state index in [-0.39, 0.29) is 17.3 Å². The number of nitrogens with one attached hydrogen (secondary N) is 1. The van der Waals surface area contributed by atoms with Gasteiger partial charge in [-0.15, -0.1) is 0 Å². The highest BCUT2D eigenvalue weighted by Gasteiger charge is 2.50. The van der Waals surface area contributed by atoms with Crippen molar-refractivity contribution in [1.29, 1.82) is 0 Å². The van der Waals surface area contributed by atoms with Gasteiger partial charge < -0.3 is 20.5 Å². The first-order valence-electron chi connectivity index (χ1n) is 9.34. The third-order valence-corrected chi connectivity index (χ3v) is 5.48. The first-order valence-corrected chi connectivity index (χ1v) is 9.34. The van der Waals surface area contributed by atoms with E-state index in [4.69, 9.17) is 15.2 Å². The van der Waals surface area contributed by atoms with Gasteiger partial charge in [-0.1, -0.05) is 0 Å². The van der Waals surface area contributed by atoms with Gasteiger partial charge in [-0.25, -0.2) is 19.4 Å². The number of amidine groups is 1. The van der Waals surface area contributed by atoms with E-state index in [9.17, 15) is 9.18 Å². The van der Waals surface area contributed by atoms with Crippen LogP contribution in [0.4, 0.5) is 10.1 Å². The number of carbonyl (C=O) groups excluding carboxylic acids is 1. The van der Waals surface area contributed by atoms with E-state index in [0.29, 0.717) is 23.6 Å². The standard InChI is InChI=1S/C20H22FN5O3/c1-19(11-20(6-3-7-20)29-18(22)26-19)13-8-12(4-5-14(13)21)25-17(27)15-9-24-16(28-2)10-23-15/h4-5,8-10H,3,6-7,11H2,1-2H3,(H2,22,26)(H,25,27). The summed E-state index contributed by atoms with van der Waals surface area (Å²) in [6.45, 7) is 1.83. The molecule has 0 bridgehead atoms. The number of methoxy groups -OCH3 is 1. The summed E-state index contributed by atoms with van der Waals surface area (Å²) in [6, 6.07) is 4.45. The number of carbonyl (C=O) groups is 1. The van der Waals surface area contributed by atoms with Gasteiger partial charge >= 0.3 is 0 Å². The highest BCUT2D eigenvalue weighted by molar-refractivity contribution is 6.02. The lowest BCUT2D eigenvalue weighted by Gasteiger charge is -2.48. The number of nitrogens with zero attached hydrogens (tertiary/aromatic N) is 3. The number of rotatable bonds is 4. The number of hydrogen-bond acceptors (Lipinski definition) is 7. The molecule has 1 fully saturated rings. The van der Waals surface area contributed by atoms with Crippen molar-refractivity contribution < 1.29 is 18.7 Å². The molecule has 3 N–H and O–H groups in total. The Kier molecular flexibility index (Phi) is 4.60. The molecule has 29 heavy (non-hydrogen) atoms. The molecule has 1 aliphatic heterocycles. The normalized spacial score (nSPS) is 22.2. The number of ether oxygens (including phenoxy) is 2. The second-order valence-electron chi connectivity index (χ2n) is 7.63. The molecule has 1 aromatic carbocycles. The van der Waals surface area contributed by atoms with Crippen LogP contribution in [0.15, 0.2) is 35.6 Å². The maximum absolute atomic E-state index is 14.7. The minimum absolute atomic E-state index is 0.0702. The molecule has 1 aliphatic carbocycles. The summed E-state index contributed by atoms with van der Waals surface area (Å²) < 4.78 is 25.4. The third kappa shape index (κ3) is 3.59. The van der Waals surface area contributed by atoms with E-state index in [0.717, 1.165) is 19.3 Å². The van der Waals surface area contributed by atoms with Gasteiger partial charge in [0.25, 0.3) is 11.9 Å². The third-order valence-electron chi connectivity index (χ3n) is 5.48. The minimum atomic E-state index is -0.881. The van der Waals surface area contributed by atoms with Gasteiger partial charge in [0, 0.05) is 17.7 Å². The highest BCUT2D eigenvalue weighted by Crippen LogP contribution is 2.49. The summed E-state index contributed by atoms with van der Waals surface area (Å²) in [6.07, 6.45) is 5.97. The number of aliphatic imine (C=N–C) groups is 1. The summed E-state index contributed by atoms with van der Waals surface area (Å²) in [7, 11) is 1.46. The zero-order valence-corrected chi connectivity index (χ0v) is 16.2. The van der Waals surface area contributed by atoms with E-state index in [2.05, 4.69) is 20.3 Å². The van der Waals surface area contributed by atoms with Gasteiger partial charge in [0.15, 0.2) is 0 Å². The van der Waals surface area contributed by atoms with E-state index in [1.165, 1.54) is 31.6 Å². The maximum Gasteiger partial charge on any atom is 0.283 e. The van der Waals surface area contributed by atoms with Crippen LogP contribution in [-0.4, -0.2) is 34.6 Å². The van der Waals surface area contributed by atoms with Gasteiger partial charge in [-0.3, -0.25) is 4.79 Å². The minimum Gasteiger partial charge on any atom is -0.480 e. The first-order chi connectivity index (χ1) is 13.8. The van der Waals surface area contributed by atoms with Crippen LogP contribution < -0.4 is 15.8 Å². The number of halogens is 1. The second-order valence-corrected chi connectivity index (χ2v) is 7.63. The Labute approximate surface area is 167 Å². The van der Waals surface area contributed by atoms with Gasteiger partial charge in [-0.05, 0) is 44.4 Å². The van der Waals surface area contributed by atoms with E-state index < -0.39 is 17.3 Å². The number of anilines is 1. The van der Waals surface area contributed by atoms with E-state index >= 15 is 0 Å². The SMILES string of the molecule is COc1cnc(C(=O)Nc2ccc(F)c(C3(C)CC4(CCC4)OC(N)=N3)c2)cn1. The van der Waals surface area contributed by atoms with Crippen molar-refractivity contribution in [1.82, 2.24) is 9.97 Å². The second kappa shape index (κ2) is 6.98. The Morgan fingerprint density at radius 3 is 2.72 bits per heavy atom.